The molecule has 0 atom stereocenters. The summed E-state index contributed by atoms with van der Waals surface area (Å²) in [6.07, 6.45) is 5.46. The Hall–Kier alpha value is -1.35. The molecule has 1 N–H and O–H groups in total. The predicted octanol–water partition coefficient (Wildman–Crippen LogP) is 0.827. The standard InChI is InChI=1S/C8H8N2O/c11-6-7-8-2-1-4-10(8)5-3-9-7/h1-5,11H,6H2. The molecule has 0 fully saturated rings. The molecule has 0 saturated carbocycles. The van der Waals surface area contributed by atoms with Gasteiger partial charge < -0.3 is 9.51 Å². The number of aliphatic hydroxyl groups excluding tert-OH is 1. The lowest BCUT2D eigenvalue weighted by Gasteiger charge is -1.97. The van der Waals surface area contributed by atoms with Gasteiger partial charge in [0.25, 0.3) is 0 Å². The van der Waals surface area contributed by atoms with Crippen molar-refractivity contribution >= 4 is 5.52 Å². The van der Waals surface area contributed by atoms with Gasteiger partial charge in [0.15, 0.2) is 0 Å². The highest BCUT2D eigenvalue weighted by atomic mass is 16.3. The Morgan fingerprint density at radius 3 is 3.18 bits per heavy atom. The van der Waals surface area contributed by atoms with Crippen molar-refractivity contribution in [1.29, 1.82) is 0 Å². The molecule has 0 saturated heterocycles. The van der Waals surface area contributed by atoms with Crippen molar-refractivity contribution < 1.29 is 5.11 Å². The molecule has 11 heavy (non-hydrogen) atoms. The van der Waals surface area contributed by atoms with E-state index in [1.807, 2.05) is 28.9 Å². The highest BCUT2D eigenvalue weighted by molar-refractivity contribution is 5.51. The van der Waals surface area contributed by atoms with Crippen LogP contribution < -0.4 is 0 Å². The van der Waals surface area contributed by atoms with E-state index in [4.69, 9.17) is 5.11 Å². The minimum absolute atomic E-state index is 0.00560. The maximum absolute atomic E-state index is 8.88. The van der Waals surface area contributed by atoms with Crippen molar-refractivity contribution in [3.63, 3.8) is 0 Å². The number of aliphatic hydroxyl groups is 1. The first-order chi connectivity index (χ1) is 5.42. The lowest BCUT2D eigenvalue weighted by atomic mass is 10.4. The van der Waals surface area contributed by atoms with E-state index < -0.39 is 0 Å². The molecule has 3 heteroatoms. The summed E-state index contributed by atoms with van der Waals surface area (Å²) in [5.41, 5.74) is 1.69. The molecule has 0 aliphatic carbocycles. The Morgan fingerprint density at radius 1 is 1.45 bits per heavy atom. The zero-order chi connectivity index (χ0) is 7.68. The van der Waals surface area contributed by atoms with Crippen LogP contribution in [0, 0.1) is 0 Å². The number of hydrogen-bond donors (Lipinski definition) is 1. The molecule has 0 unspecified atom stereocenters. The Labute approximate surface area is 63.9 Å². The summed E-state index contributed by atoms with van der Waals surface area (Å²) in [4.78, 5) is 4.03. The molecule has 0 aromatic carbocycles. The summed E-state index contributed by atoms with van der Waals surface area (Å²) in [5, 5.41) is 8.88. The third-order valence-corrected chi connectivity index (χ3v) is 1.68. The first kappa shape index (κ1) is 6.37. The molecule has 2 rings (SSSR count). The van der Waals surface area contributed by atoms with Gasteiger partial charge in [0.2, 0.25) is 0 Å². The van der Waals surface area contributed by atoms with E-state index in [0.29, 0.717) is 0 Å². The first-order valence-corrected chi connectivity index (χ1v) is 3.43. The van der Waals surface area contributed by atoms with Gasteiger partial charge in [0, 0.05) is 18.6 Å². The minimum atomic E-state index is -0.00560. The molecule has 2 aromatic rings. The second kappa shape index (κ2) is 2.36. The van der Waals surface area contributed by atoms with Crippen molar-refractivity contribution in [2.75, 3.05) is 0 Å². The fourth-order valence-corrected chi connectivity index (χ4v) is 1.15. The summed E-state index contributed by atoms with van der Waals surface area (Å²) < 4.78 is 1.93. The van der Waals surface area contributed by atoms with Crippen molar-refractivity contribution in [1.82, 2.24) is 9.38 Å². The van der Waals surface area contributed by atoms with Crippen LogP contribution in [0.2, 0.25) is 0 Å². The van der Waals surface area contributed by atoms with Gasteiger partial charge in [-0.3, -0.25) is 4.98 Å². The van der Waals surface area contributed by atoms with Crippen molar-refractivity contribution in [3.8, 4) is 0 Å². The maximum atomic E-state index is 8.88. The monoisotopic (exact) mass is 148 g/mol. The van der Waals surface area contributed by atoms with Crippen LogP contribution in [0.15, 0.2) is 30.7 Å². The fraction of sp³-hybridized carbons (Fsp3) is 0.125. The van der Waals surface area contributed by atoms with Crippen LogP contribution in [0.25, 0.3) is 5.52 Å². The normalized spacial score (nSPS) is 10.6. The van der Waals surface area contributed by atoms with E-state index in [2.05, 4.69) is 4.98 Å². The van der Waals surface area contributed by atoms with Crippen molar-refractivity contribution in [2.45, 2.75) is 6.61 Å². The maximum Gasteiger partial charge on any atom is 0.0898 e. The van der Waals surface area contributed by atoms with Crippen LogP contribution in [0.1, 0.15) is 5.69 Å². The van der Waals surface area contributed by atoms with E-state index in [0.717, 1.165) is 11.2 Å². The average molecular weight is 148 g/mol. The van der Waals surface area contributed by atoms with E-state index in [1.54, 1.807) is 6.20 Å². The molecule has 2 heterocycles. The van der Waals surface area contributed by atoms with Crippen LogP contribution in [0.3, 0.4) is 0 Å². The second-order valence-corrected chi connectivity index (χ2v) is 2.33. The Balaban J connectivity index is 2.79. The van der Waals surface area contributed by atoms with Gasteiger partial charge in [-0.15, -0.1) is 0 Å². The van der Waals surface area contributed by atoms with Gasteiger partial charge in [-0.2, -0.15) is 0 Å². The summed E-state index contributed by atoms with van der Waals surface area (Å²) in [6, 6.07) is 3.86. The topological polar surface area (TPSA) is 37.5 Å². The minimum Gasteiger partial charge on any atom is -0.390 e. The molecule has 0 bridgehead atoms. The second-order valence-electron chi connectivity index (χ2n) is 2.33. The molecule has 0 spiro atoms. The van der Waals surface area contributed by atoms with Crippen LogP contribution in [0.4, 0.5) is 0 Å². The molecule has 0 radical (unpaired) electrons. The molecular formula is C8H8N2O. The number of fused-ring (bicyclic) bond motifs is 1. The zero-order valence-electron chi connectivity index (χ0n) is 5.94. The number of rotatable bonds is 1. The molecule has 2 aromatic heterocycles. The Morgan fingerprint density at radius 2 is 2.36 bits per heavy atom. The number of nitrogens with zero attached hydrogens (tertiary/aromatic N) is 2. The largest absolute Gasteiger partial charge is 0.390 e. The van der Waals surface area contributed by atoms with Gasteiger partial charge in [-0.25, -0.2) is 0 Å². The van der Waals surface area contributed by atoms with Crippen molar-refractivity contribution in [3.05, 3.63) is 36.4 Å². The van der Waals surface area contributed by atoms with E-state index in [-0.39, 0.29) is 6.61 Å². The summed E-state index contributed by atoms with van der Waals surface area (Å²) >= 11 is 0. The van der Waals surface area contributed by atoms with Crippen LogP contribution in [-0.2, 0) is 6.61 Å². The average Bonchev–Trinajstić information content (AvgIpc) is 2.50. The van der Waals surface area contributed by atoms with Gasteiger partial charge in [0.05, 0.1) is 17.8 Å². The fourth-order valence-electron chi connectivity index (χ4n) is 1.15. The lowest BCUT2D eigenvalue weighted by Crippen LogP contribution is -1.93. The highest BCUT2D eigenvalue weighted by Gasteiger charge is 1.98. The molecule has 0 aliphatic rings. The number of aromatic nitrogens is 2. The van der Waals surface area contributed by atoms with Gasteiger partial charge in [0.1, 0.15) is 0 Å². The molecule has 0 amide bonds. The smallest absolute Gasteiger partial charge is 0.0898 e. The summed E-state index contributed by atoms with van der Waals surface area (Å²) in [6.45, 7) is -0.00560. The van der Waals surface area contributed by atoms with Gasteiger partial charge in [-0.05, 0) is 12.1 Å². The quantitative estimate of drug-likeness (QED) is 0.650. The Kier molecular flexibility index (Phi) is 1.36. The van der Waals surface area contributed by atoms with Crippen LogP contribution in [0.5, 0.6) is 0 Å². The SMILES string of the molecule is OCc1nccn2cccc12. The van der Waals surface area contributed by atoms with E-state index in [1.165, 1.54) is 0 Å². The Bertz CT molecular complexity index is 367. The molecule has 0 aliphatic heterocycles. The van der Waals surface area contributed by atoms with E-state index >= 15 is 0 Å². The highest BCUT2D eigenvalue weighted by Crippen LogP contribution is 2.07. The van der Waals surface area contributed by atoms with Gasteiger partial charge in [-0.1, -0.05) is 0 Å². The molecule has 3 nitrogen and oxygen atoms in total. The number of hydrogen-bond acceptors (Lipinski definition) is 2. The predicted molar refractivity (Wildman–Crippen MR) is 41.1 cm³/mol. The summed E-state index contributed by atoms with van der Waals surface area (Å²) in [5.74, 6) is 0. The molecular weight excluding hydrogens is 140 g/mol. The third-order valence-electron chi connectivity index (χ3n) is 1.68. The zero-order valence-corrected chi connectivity index (χ0v) is 5.94. The molecule has 56 valence electrons. The van der Waals surface area contributed by atoms with Crippen molar-refractivity contribution in [2.24, 2.45) is 0 Å². The third kappa shape index (κ3) is 0.897. The first-order valence-electron chi connectivity index (χ1n) is 3.43. The lowest BCUT2D eigenvalue weighted by molar-refractivity contribution is 0.278. The van der Waals surface area contributed by atoms with Crippen LogP contribution >= 0.6 is 0 Å². The van der Waals surface area contributed by atoms with Crippen LogP contribution in [-0.4, -0.2) is 14.5 Å². The summed E-state index contributed by atoms with van der Waals surface area (Å²) in [7, 11) is 0. The van der Waals surface area contributed by atoms with E-state index in [9.17, 15) is 0 Å². The van der Waals surface area contributed by atoms with Gasteiger partial charge >= 0.3 is 0 Å².